The first-order chi connectivity index (χ1) is 10.2. The first kappa shape index (κ1) is 14.4. The maximum absolute atomic E-state index is 6.14. The Morgan fingerprint density at radius 2 is 1.76 bits per heavy atom. The van der Waals surface area contributed by atoms with E-state index >= 15 is 0 Å². The Morgan fingerprint density at radius 3 is 2.57 bits per heavy atom. The largest absolute Gasteiger partial charge is 0.457 e. The van der Waals surface area contributed by atoms with Crippen LogP contribution in [0.15, 0.2) is 59.1 Å². The first-order valence-corrected chi connectivity index (χ1v) is 7.69. The summed E-state index contributed by atoms with van der Waals surface area (Å²) in [7, 11) is 0. The van der Waals surface area contributed by atoms with Gasteiger partial charge in [-0.25, -0.2) is 0 Å². The van der Waals surface area contributed by atoms with Gasteiger partial charge >= 0.3 is 0 Å². The molecule has 0 heterocycles. The van der Waals surface area contributed by atoms with Crippen molar-refractivity contribution in [2.24, 2.45) is 5.73 Å². The van der Waals surface area contributed by atoms with Gasteiger partial charge in [0.25, 0.3) is 0 Å². The molecule has 0 saturated heterocycles. The Kier molecular flexibility index (Phi) is 4.15. The van der Waals surface area contributed by atoms with Gasteiger partial charge in [-0.1, -0.05) is 45.7 Å². The molecule has 0 amide bonds. The van der Waals surface area contributed by atoms with Crippen molar-refractivity contribution in [3.05, 3.63) is 69.7 Å². The van der Waals surface area contributed by atoms with Crippen LogP contribution in [-0.2, 0) is 6.54 Å². The molecule has 0 radical (unpaired) electrons. The van der Waals surface area contributed by atoms with Crippen LogP contribution in [0, 0.1) is 0 Å². The predicted octanol–water partition coefficient (Wildman–Crippen LogP) is 5.51. The van der Waals surface area contributed by atoms with E-state index in [-0.39, 0.29) is 0 Å². The summed E-state index contributed by atoms with van der Waals surface area (Å²) in [5.74, 6) is 1.46. The van der Waals surface area contributed by atoms with E-state index in [1.54, 1.807) is 0 Å². The summed E-state index contributed by atoms with van der Waals surface area (Å²) < 4.78 is 7.00. The number of halogens is 2. The van der Waals surface area contributed by atoms with Crippen molar-refractivity contribution in [1.29, 1.82) is 0 Å². The van der Waals surface area contributed by atoms with Gasteiger partial charge in [0, 0.05) is 21.6 Å². The lowest BCUT2D eigenvalue weighted by molar-refractivity contribution is 0.477. The van der Waals surface area contributed by atoms with E-state index in [0.29, 0.717) is 17.3 Å². The Balaban J connectivity index is 1.98. The molecule has 2 nitrogen and oxygen atoms in total. The highest BCUT2D eigenvalue weighted by atomic mass is 79.9. The molecule has 3 aromatic rings. The highest BCUT2D eigenvalue weighted by Gasteiger charge is 2.08. The molecular weight excluding hydrogens is 350 g/mol. The smallest absolute Gasteiger partial charge is 0.133 e. The zero-order valence-electron chi connectivity index (χ0n) is 11.1. The lowest BCUT2D eigenvalue weighted by Gasteiger charge is -2.12. The van der Waals surface area contributed by atoms with Crippen LogP contribution in [0.4, 0.5) is 0 Å². The highest BCUT2D eigenvalue weighted by molar-refractivity contribution is 9.10. The van der Waals surface area contributed by atoms with Crippen LogP contribution in [-0.4, -0.2) is 0 Å². The van der Waals surface area contributed by atoms with Crippen LogP contribution >= 0.6 is 27.5 Å². The third kappa shape index (κ3) is 3.05. The molecule has 0 bridgehead atoms. The van der Waals surface area contributed by atoms with E-state index in [0.717, 1.165) is 26.6 Å². The van der Waals surface area contributed by atoms with Gasteiger partial charge in [0.05, 0.1) is 0 Å². The fourth-order valence-corrected chi connectivity index (χ4v) is 2.84. The number of nitrogens with two attached hydrogens (primary N) is 1. The fourth-order valence-electron chi connectivity index (χ4n) is 2.22. The van der Waals surface area contributed by atoms with Gasteiger partial charge in [0.1, 0.15) is 11.5 Å². The molecule has 0 aliphatic rings. The lowest BCUT2D eigenvalue weighted by Crippen LogP contribution is -2.00. The van der Waals surface area contributed by atoms with Gasteiger partial charge in [-0.3, -0.25) is 0 Å². The number of hydrogen-bond donors (Lipinski definition) is 1. The van der Waals surface area contributed by atoms with Gasteiger partial charge in [-0.15, -0.1) is 0 Å². The number of ether oxygens (including phenoxy) is 1. The van der Waals surface area contributed by atoms with Crippen LogP contribution in [0.1, 0.15) is 5.56 Å². The quantitative estimate of drug-likeness (QED) is 0.667. The summed E-state index contributed by atoms with van der Waals surface area (Å²) in [5.41, 5.74) is 6.56. The molecule has 3 rings (SSSR count). The van der Waals surface area contributed by atoms with Gasteiger partial charge < -0.3 is 10.5 Å². The molecular formula is C17H13BrClNO. The second-order valence-corrected chi connectivity index (χ2v) is 6.00. The SMILES string of the molecule is NCc1c(Cl)cccc1Oc1ccc2cc(Br)ccc2c1. The zero-order valence-corrected chi connectivity index (χ0v) is 13.5. The third-order valence-electron chi connectivity index (χ3n) is 3.28. The van der Waals surface area contributed by atoms with Gasteiger partial charge in [0.2, 0.25) is 0 Å². The normalized spacial score (nSPS) is 10.8. The zero-order chi connectivity index (χ0) is 14.8. The average molecular weight is 363 g/mol. The monoisotopic (exact) mass is 361 g/mol. The summed E-state index contributed by atoms with van der Waals surface area (Å²) in [6, 6.07) is 17.7. The predicted molar refractivity (Wildman–Crippen MR) is 91.1 cm³/mol. The molecule has 0 unspecified atom stereocenters. The van der Waals surface area contributed by atoms with Crippen molar-refractivity contribution in [3.63, 3.8) is 0 Å². The Hall–Kier alpha value is -1.55. The molecule has 4 heteroatoms. The van der Waals surface area contributed by atoms with E-state index in [1.165, 1.54) is 0 Å². The van der Waals surface area contributed by atoms with Crippen molar-refractivity contribution in [2.45, 2.75) is 6.54 Å². The lowest BCUT2D eigenvalue weighted by atomic mass is 10.1. The van der Waals surface area contributed by atoms with Crippen LogP contribution in [0.25, 0.3) is 10.8 Å². The van der Waals surface area contributed by atoms with E-state index in [9.17, 15) is 0 Å². The standard InChI is InChI=1S/C17H13BrClNO/c18-13-6-4-12-9-14(7-5-11(12)8-13)21-17-3-1-2-16(19)15(17)10-20/h1-9H,10,20H2. The van der Waals surface area contributed by atoms with Crippen LogP contribution < -0.4 is 10.5 Å². The molecule has 2 N–H and O–H groups in total. The van der Waals surface area contributed by atoms with Crippen molar-refractivity contribution < 1.29 is 4.74 Å². The topological polar surface area (TPSA) is 35.2 Å². The van der Waals surface area contributed by atoms with E-state index < -0.39 is 0 Å². The summed E-state index contributed by atoms with van der Waals surface area (Å²) in [4.78, 5) is 0. The number of benzene rings is 3. The summed E-state index contributed by atoms with van der Waals surface area (Å²) in [5, 5.41) is 2.90. The van der Waals surface area contributed by atoms with Crippen molar-refractivity contribution in [3.8, 4) is 11.5 Å². The van der Waals surface area contributed by atoms with Crippen LogP contribution in [0.2, 0.25) is 5.02 Å². The third-order valence-corrected chi connectivity index (χ3v) is 4.13. The number of hydrogen-bond acceptors (Lipinski definition) is 2. The summed E-state index contributed by atoms with van der Waals surface area (Å²) >= 11 is 9.61. The molecule has 106 valence electrons. The van der Waals surface area contributed by atoms with Crippen molar-refractivity contribution in [2.75, 3.05) is 0 Å². The molecule has 0 aromatic heterocycles. The minimum atomic E-state index is 0.343. The Bertz CT molecular complexity index is 804. The van der Waals surface area contributed by atoms with Crippen LogP contribution in [0.5, 0.6) is 11.5 Å². The molecule has 0 fully saturated rings. The van der Waals surface area contributed by atoms with E-state index in [4.69, 9.17) is 22.1 Å². The van der Waals surface area contributed by atoms with Crippen molar-refractivity contribution >= 4 is 38.3 Å². The average Bonchev–Trinajstić information content (AvgIpc) is 2.48. The number of rotatable bonds is 3. The molecule has 21 heavy (non-hydrogen) atoms. The minimum Gasteiger partial charge on any atom is -0.457 e. The molecule has 0 aliphatic heterocycles. The maximum atomic E-state index is 6.14. The molecule has 0 saturated carbocycles. The van der Waals surface area contributed by atoms with Gasteiger partial charge in [-0.05, 0) is 47.2 Å². The molecule has 0 atom stereocenters. The Labute approximate surface area is 136 Å². The number of fused-ring (bicyclic) bond motifs is 1. The van der Waals surface area contributed by atoms with Crippen LogP contribution in [0.3, 0.4) is 0 Å². The van der Waals surface area contributed by atoms with E-state index in [2.05, 4.69) is 22.0 Å². The van der Waals surface area contributed by atoms with Gasteiger partial charge in [-0.2, -0.15) is 0 Å². The second kappa shape index (κ2) is 6.06. The Morgan fingerprint density at radius 1 is 1.00 bits per heavy atom. The fraction of sp³-hybridized carbons (Fsp3) is 0.0588. The molecule has 3 aromatic carbocycles. The summed E-state index contributed by atoms with van der Waals surface area (Å²) in [6.07, 6.45) is 0. The minimum absolute atomic E-state index is 0.343. The first-order valence-electron chi connectivity index (χ1n) is 6.52. The highest BCUT2D eigenvalue weighted by Crippen LogP contribution is 2.32. The summed E-state index contributed by atoms with van der Waals surface area (Å²) in [6.45, 7) is 0.343. The molecule has 0 spiro atoms. The second-order valence-electron chi connectivity index (χ2n) is 4.68. The van der Waals surface area contributed by atoms with Gasteiger partial charge in [0.15, 0.2) is 0 Å². The van der Waals surface area contributed by atoms with Crippen molar-refractivity contribution in [1.82, 2.24) is 0 Å². The maximum Gasteiger partial charge on any atom is 0.133 e. The van der Waals surface area contributed by atoms with E-state index in [1.807, 2.05) is 48.5 Å². The molecule has 0 aliphatic carbocycles.